The molecular formula is C44H74N3O3Si2Y-. The fraction of sp³-hybridized carbons (Fsp3) is 0.682. The molecule has 1 heterocycles. The van der Waals surface area contributed by atoms with E-state index in [4.69, 9.17) is 4.74 Å². The number of hydrogen-bond donors (Lipinski definition) is 2. The number of ketones is 2. The first-order valence-electron chi connectivity index (χ1n) is 19.6. The van der Waals surface area contributed by atoms with Crippen molar-refractivity contribution >= 4 is 29.5 Å². The van der Waals surface area contributed by atoms with E-state index < -0.39 is 0 Å². The van der Waals surface area contributed by atoms with E-state index in [-0.39, 0.29) is 95.9 Å². The number of nitrogens with one attached hydrogen (secondary N) is 2. The summed E-state index contributed by atoms with van der Waals surface area (Å²) in [6, 6.07) is 0.340. The molecule has 4 aliphatic rings. The van der Waals surface area contributed by atoms with Gasteiger partial charge in [0.1, 0.15) is 0 Å². The van der Waals surface area contributed by atoms with Gasteiger partial charge >= 0.3 is 0 Å². The Morgan fingerprint density at radius 1 is 0.585 bits per heavy atom. The van der Waals surface area contributed by atoms with E-state index >= 15 is 0 Å². The number of Topliss-reactive ketones (excluding diaryl/α,β-unsaturated/α-hetero) is 2. The molecule has 6 nitrogen and oxygen atoms in total. The minimum absolute atomic E-state index is 0. The van der Waals surface area contributed by atoms with Gasteiger partial charge in [-0.1, -0.05) is 152 Å². The molecule has 0 aromatic rings. The van der Waals surface area contributed by atoms with Crippen molar-refractivity contribution in [1.29, 1.82) is 0 Å². The summed E-state index contributed by atoms with van der Waals surface area (Å²) in [5.41, 5.74) is 4.95. The Balaban J connectivity index is 0.000000918. The van der Waals surface area contributed by atoms with E-state index in [1.165, 1.54) is 24.0 Å². The van der Waals surface area contributed by atoms with E-state index in [2.05, 4.69) is 149 Å². The summed E-state index contributed by atoms with van der Waals surface area (Å²) in [6.45, 7) is 36.7. The van der Waals surface area contributed by atoms with Gasteiger partial charge in [0, 0.05) is 92.7 Å². The third kappa shape index (κ3) is 16.8. The summed E-state index contributed by atoms with van der Waals surface area (Å²) in [7, 11) is -0.528. The van der Waals surface area contributed by atoms with Gasteiger partial charge in [-0.05, 0) is 70.6 Å². The molecule has 3 radical (unpaired) electrons. The number of nitrogens with zero attached hydrogens (tertiary/aromatic N) is 1. The minimum Gasteiger partial charge on any atom is -0.673 e. The summed E-state index contributed by atoms with van der Waals surface area (Å²) >= 11 is 0. The van der Waals surface area contributed by atoms with Gasteiger partial charge in [-0.2, -0.15) is 0 Å². The molecule has 53 heavy (non-hydrogen) atoms. The number of allylic oxidation sites excluding steroid dienone is 10. The van der Waals surface area contributed by atoms with Crippen LogP contribution in [-0.4, -0.2) is 54.8 Å². The SMILES string of the molecule is C1CCOC1.CC(C)(C)C1=C/C(=C/N[C@H]2CCCC[C@@H]2N/C=C2/C=C(C(C)(C)C)C=C(C(C)(C)C)C2=O)C(=O)C(C(C)(C)C)=C1.C[Si](C)[N-][Si](C)C.[Y]. The molecule has 2 atom stereocenters. The third-order valence-electron chi connectivity index (χ3n) is 9.53. The monoisotopic (exact) mass is 837 g/mol. The van der Waals surface area contributed by atoms with E-state index in [9.17, 15) is 9.59 Å². The molecule has 295 valence electrons. The maximum absolute atomic E-state index is 13.5. The van der Waals surface area contributed by atoms with E-state index in [0.717, 1.165) is 61.2 Å². The van der Waals surface area contributed by atoms with E-state index in [0.29, 0.717) is 0 Å². The van der Waals surface area contributed by atoms with Gasteiger partial charge in [0.15, 0.2) is 11.6 Å². The van der Waals surface area contributed by atoms with Crippen molar-refractivity contribution in [3.8, 4) is 0 Å². The van der Waals surface area contributed by atoms with Crippen molar-refractivity contribution in [2.45, 2.75) is 160 Å². The van der Waals surface area contributed by atoms with Gasteiger partial charge in [0.05, 0.1) is 0 Å². The molecule has 1 saturated heterocycles. The Morgan fingerprint density at radius 2 is 0.925 bits per heavy atom. The van der Waals surface area contributed by atoms with Crippen LogP contribution in [0.3, 0.4) is 0 Å². The van der Waals surface area contributed by atoms with Crippen LogP contribution in [0.15, 0.2) is 70.1 Å². The maximum atomic E-state index is 13.5. The molecule has 4 rings (SSSR count). The number of rotatable bonds is 6. The Morgan fingerprint density at radius 3 is 1.15 bits per heavy atom. The quantitative estimate of drug-likeness (QED) is 0.206. The first-order chi connectivity index (χ1) is 23.8. The van der Waals surface area contributed by atoms with Crippen molar-refractivity contribution in [1.82, 2.24) is 10.6 Å². The van der Waals surface area contributed by atoms with Crippen LogP contribution in [0.1, 0.15) is 122 Å². The van der Waals surface area contributed by atoms with Gasteiger partial charge < -0.3 is 20.0 Å². The average molecular weight is 838 g/mol. The van der Waals surface area contributed by atoms with Crippen LogP contribution < -0.4 is 10.6 Å². The molecule has 2 N–H and O–H groups in total. The fourth-order valence-electron chi connectivity index (χ4n) is 6.38. The van der Waals surface area contributed by atoms with Crippen LogP contribution >= 0.6 is 0 Å². The third-order valence-corrected chi connectivity index (χ3v) is 13.1. The zero-order chi connectivity index (χ0) is 39.7. The Labute approximate surface area is 354 Å². The molecule has 0 aromatic carbocycles. The first-order valence-corrected chi connectivity index (χ1v) is 24.5. The van der Waals surface area contributed by atoms with Crippen molar-refractivity contribution in [2.24, 2.45) is 21.7 Å². The van der Waals surface area contributed by atoms with Crippen LogP contribution in [0, 0.1) is 21.7 Å². The minimum atomic E-state index is -0.264. The van der Waals surface area contributed by atoms with Crippen LogP contribution in [0.25, 0.3) is 4.65 Å². The molecular weight excluding hydrogens is 764 g/mol. The average Bonchev–Trinajstić information content (AvgIpc) is 3.58. The first kappa shape index (κ1) is 49.9. The van der Waals surface area contributed by atoms with Gasteiger partial charge in [-0.15, -0.1) is 0 Å². The zero-order valence-corrected chi connectivity index (χ0v) is 41.4. The largest absolute Gasteiger partial charge is 0.673 e. The van der Waals surface area contributed by atoms with Crippen molar-refractivity contribution in [2.75, 3.05) is 13.2 Å². The molecule has 0 amide bonds. The second-order valence-electron chi connectivity index (χ2n) is 19.3. The molecule has 3 aliphatic carbocycles. The predicted octanol–water partition coefficient (Wildman–Crippen LogP) is 11.0. The molecule has 0 bridgehead atoms. The fourth-order valence-corrected chi connectivity index (χ4v) is 9.96. The molecule has 0 aromatic heterocycles. The summed E-state index contributed by atoms with van der Waals surface area (Å²) in [4.78, 5) is 27.0. The summed E-state index contributed by atoms with van der Waals surface area (Å²) < 4.78 is 9.43. The van der Waals surface area contributed by atoms with Crippen LogP contribution in [0.2, 0.25) is 26.2 Å². The molecule has 0 unspecified atom stereocenters. The Hall–Kier alpha value is -1.16. The topological polar surface area (TPSA) is 81.5 Å². The predicted molar refractivity (Wildman–Crippen MR) is 227 cm³/mol. The summed E-state index contributed by atoms with van der Waals surface area (Å²) in [6.07, 6.45) is 19.0. The molecule has 0 spiro atoms. The van der Waals surface area contributed by atoms with Crippen molar-refractivity contribution in [3.63, 3.8) is 0 Å². The number of carbonyl (C=O) groups is 2. The second kappa shape index (κ2) is 21.4. The molecule has 2 fully saturated rings. The van der Waals surface area contributed by atoms with Crippen LogP contribution in [-0.2, 0) is 47.0 Å². The molecule has 9 heteroatoms. The standard InChI is InChI=1S/C36H54N2O2.C4H12NSi2.C4H8O.Y/c1-33(2,3)25-17-23(31(39)27(19-25)35(7,8)9)21-37-29-15-13-14-16-30(29)38-22-24-18-26(34(4,5)6)20-28(32(24)40)36(10,11)12;1-6(2)5-7(3)4;1-2-4-5-3-1;/h17-22,29-30,37-38H,13-16H2,1-12H3;1-4H3;1-4H2;/q;-1;;/b23-21-,24-22-;;;/t29-,30-;;;/m0.../s1. The van der Waals surface area contributed by atoms with E-state index in [1.54, 1.807) is 0 Å². The molecule has 1 saturated carbocycles. The van der Waals surface area contributed by atoms with E-state index in [1.807, 2.05) is 12.4 Å². The van der Waals surface area contributed by atoms with Gasteiger partial charge in [-0.3, -0.25) is 9.59 Å². The number of ether oxygens (including phenoxy) is 1. The van der Waals surface area contributed by atoms with Crippen LogP contribution in [0.5, 0.6) is 0 Å². The number of carbonyl (C=O) groups excluding carboxylic acids is 2. The van der Waals surface area contributed by atoms with Crippen molar-refractivity contribution < 1.29 is 47.0 Å². The van der Waals surface area contributed by atoms with Crippen LogP contribution in [0.4, 0.5) is 0 Å². The molecule has 1 aliphatic heterocycles. The number of hydrogen-bond acceptors (Lipinski definition) is 5. The zero-order valence-electron chi connectivity index (χ0n) is 36.5. The van der Waals surface area contributed by atoms with Gasteiger partial charge in [-0.25, -0.2) is 0 Å². The Kier molecular flexibility index (Phi) is 20.1. The van der Waals surface area contributed by atoms with Gasteiger partial charge in [0.25, 0.3) is 0 Å². The Bertz CT molecular complexity index is 1310. The second-order valence-corrected chi connectivity index (χ2v) is 24.0. The maximum Gasteiger partial charge on any atom is 0.191 e. The summed E-state index contributed by atoms with van der Waals surface area (Å²) in [5.74, 6) is 0.203. The smallest absolute Gasteiger partial charge is 0.191 e. The van der Waals surface area contributed by atoms with Gasteiger partial charge in [0.2, 0.25) is 0 Å². The normalized spacial score (nSPS) is 22.9. The van der Waals surface area contributed by atoms with Crippen molar-refractivity contribution in [3.05, 3.63) is 74.8 Å². The summed E-state index contributed by atoms with van der Waals surface area (Å²) in [5, 5.41) is 7.25.